The monoisotopic (exact) mass is 233 g/mol. The maximum absolute atomic E-state index is 10.5. The third kappa shape index (κ3) is 3.48. The second-order valence-electron chi connectivity index (χ2n) is 4.31. The molecule has 0 amide bonds. The Morgan fingerprint density at radius 2 is 1.88 bits per heavy atom. The minimum absolute atomic E-state index is 0.0445. The van der Waals surface area contributed by atoms with Crippen LogP contribution < -0.4 is 0 Å². The number of hydrogen-bond donors (Lipinski definition) is 0. The van der Waals surface area contributed by atoms with Crippen molar-refractivity contribution in [3.05, 3.63) is 46.5 Å². The van der Waals surface area contributed by atoms with Crippen molar-refractivity contribution in [2.45, 2.75) is 26.3 Å². The predicted molar refractivity (Wildman–Crippen MR) is 66.5 cm³/mol. The molecule has 0 aliphatic heterocycles. The van der Waals surface area contributed by atoms with E-state index in [0.29, 0.717) is 5.69 Å². The van der Waals surface area contributed by atoms with E-state index in [-0.39, 0.29) is 5.69 Å². The molecule has 0 radical (unpaired) electrons. The van der Waals surface area contributed by atoms with Gasteiger partial charge in [-0.3, -0.25) is 10.1 Å². The zero-order valence-corrected chi connectivity index (χ0v) is 10.2. The molecule has 0 aromatic heterocycles. The summed E-state index contributed by atoms with van der Waals surface area (Å²) in [6.45, 7) is 9.53. The Morgan fingerprint density at radius 3 is 2.29 bits per heavy atom. The zero-order chi connectivity index (χ0) is 13.1. The molecule has 17 heavy (non-hydrogen) atoms. The van der Waals surface area contributed by atoms with Gasteiger partial charge < -0.3 is 0 Å². The van der Waals surface area contributed by atoms with Gasteiger partial charge in [0, 0.05) is 12.1 Å². The maximum atomic E-state index is 10.5. The maximum Gasteiger partial charge on any atom is 0.269 e. The predicted octanol–water partition coefficient (Wildman–Crippen LogP) is 4.03. The van der Waals surface area contributed by atoms with E-state index in [4.69, 9.17) is 0 Å². The molecule has 0 aliphatic carbocycles. The average molecular weight is 233 g/mol. The third-order valence-electron chi connectivity index (χ3n) is 2.52. The lowest BCUT2D eigenvalue weighted by molar-refractivity contribution is -0.384. The van der Waals surface area contributed by atoms with E-state index in [0.717, 1.165) is 5.57 Å². The highest BCUT2D eigenvalue weighted by Gasteiger charge is 2.17. The summed E-state index contributed by atoms with van der Waals surface area (Å²) >= 11 is 0. The second kappa shape index (κ2) is 4.86. The van der Waals surface area contributed by atoms with Gasteiger partial charge in [0.15, 0.2) is 0 Å². The van der Waals surface area contributed by atoms with Gasteiger partial charge in [0.05, 0.1) is 16.1 Å². The Balaban J connectivity index is 2.86. The molecule has 0 saturated heterocycles. The molecule has 0 spiro atoms. The molecule has 90 valence electrons. The molecule has 5 heteroatoms. The molecule has 0 bridgehead atoms. The van der Waals surface area contributed by atoms with E-state index in [1.807, 2.05) is 20.8 Å². The molecule has 0 unspecified atom stereocenters. The fourth-order valence-corrected chi connectivity index (χ4v) is 0.909. The molecular formula is C12H15N3O2. The van der Waals surface area contributed by atoms with Crippen LogP contribution >= 0.6 is 0 Å². The molecule has 1 aromatic rings. The van der Waals surface area contributed by atoms with E-state index < -0.39 is 10.5 Å². The molecular weight excluding hydrogens is 218 g/mol. The van der Waals surface area contributed by atoms with Gasteiger partial charge in [0.2, 0.25) is 0 Å². The first-order valence-electron chi connectivity index (χ1n) is 5.16. The van der Waals surface area contributed by atoms with Crippen LogP contribution in [0.2, 0.25) is 0 Å². The number of nitrogens with zero attached hydrogens (tertiary/aromatic N) is 3. The SMILES string of the molecule is C=C(C)C(C)(C)N=Nc1ccc([N+](=O)[O-])cc1. The Morgan fingerprint density at radius 1 is 1.35 bits per heavy atom. The normalized spacial score (nSPS) is 11.7. The number of nitro benzene ring substituents is 1. The smallest absolute Gasteiger partial charge is 0.258 e. The Kier molecular flexibility index (Phi) is 3.73. The summed E-state index contributed by atoms with van der Waals surface area (Å²) in [5.74, 6) is 0. The van der Waals surface area contributed by atoms with E-state index in [2.05, 4.69) is 16.8 Å². The highest BCUT2D eigenvalue weighted by Crippen LogP contribution is 2.23. The highest BCUT2D eigenvalue weighted by atomic mass is 16.6. The van der Waals surface area contributed by atoms with Gasteiger partial charge in [-0.2, -0.15) is 10.2 Å². The zero-order valence-electron chi connectivity index (χ0n) is 10.2. The van der Waals surface area contributed by atoms with Crippen LogP contribution in [0.25, 0.3) is 0 Å². The van der Waals surface area contributed by atoms with Crippen LogP contribution in [0.5, 0.6) is 0 Å². The summed E-state index contributed by atoms with van der Waals surface area (Å²) in [7, 11) is 0. The first-order valence-corrected chi connectivity index (χ1v) is 5.16. The van der Waals surface area contributed by atoms with E-state index in [1.165, 1.54) is 12.1 Å². The molecule has 0 atom stereocenters. The quantitative estimate of drug-likeness (QED) is 0.341. The van der Waals surface area contributed by atoms with Crippen molar-refractivity contribution in [3.8, 4) is 0 Å². The summed E-state index contributed by atoms with van der Waals surface area (Å²) in [6, 6.07) is 5.94. The number of azo groups is 1. The lowest BCUT2D eigenvalue weighted by Crippen LogP contribution is -2.16. The van der Waals surface area contributed by atoms with Gasteiger partial charge in [-0.1, -0.05) is 12.2 Å². The molecule has 0 saturated carbocycles. The van der Waals surface area contributed by atoms with E-state index in [1.54, 1.807) is 12.1 Å². The van der Waals surface area contributed by atoms with E-state index in [9.17, 15) is 10.1 Å². The van der Waals surface area contributed by atoms with Crippen LogP contribution in [0.3, 0.4) is 0 Å². The lowest BCUT2D eigenvalue weighted by atomic mass is 9.99. The van der Waals surface area contributed by atoms with Crippen LogP contribution in [-0.2, 0) is 0 Å². The Bertz CT molecular complexity index is 461. The van der Waals surface area contributed by atoms with Crippen molar-refractivity contribution in [2.24, 2.45) is 10.2 Å². The minimum Gasteiger partial charge on any atom is -0.258 e. The Labute approximate surface area is 100 Å². The summed E-state index contributed by atoms with van der Waals surface area (Å²) in [6.07, 6.45) is 0. The number of rotatable bonds is 4. The van der Waals surface area contributed by atoms with Crippen molar-refractivity contribution in [2.75, 3.05) is 0 Å². The van der Waals surface area contributed by atoms with Gasteiger partial charge in [0.1, 0.15) is 0 Å². The summed E-state index contributed by atoms with van der Waals surface area (Å²) in [5, 5.41) is 18.7. The van der Waals surface area contributed by atoms with Crippen molar-refractivity contribution < 1.29 is 4.92 Å². The van der Waals surface area contributed by atoms with Crippen LogP contribution in [0.4, 0.5) is 11.4 Å². The van der Waals surface area contributed by atoms with Gasteiger partial charge in [-0.05, 0) is 32.9 Å². The second-order valence-corrected chi connectivity index (χ2v) is 4.31. The Hall–Kier alpha value is -2.04. The molecule has 0 heterocycles. The van der Waals surface area contributed by atoms with Crippen LogP contribution in [-0.4, -0.2) is 10.5 Å². The molecule has 1 rings (SSSR count). The average Bonchev–Trinajstić information content (AvgIpc) is 2.27. The largest absolute Gasteiger partial charge is 0.269 e. The fourth-order valence-electron chi connectivity index (χ4n) is 0.909. The summed E-state index contributed by atoms with van der Waals surface area (Å²) in [5.41, 5.74) is 1.11. The van der Waals surface area contributed by atoms with Gasteiger partial charge in [-0.25, -0.2) is 0 Å². The topological polar surface area (TPSA) is 67.9 Å². The standard InChI is InChI=1S/C12H15N3O2/c1-9(2)12(3,4)14-13-10-5-7-11(8-6-10)15(16)17/h5-8H,1H2,2-4H3. The first kappa shape index (κ1) is 13.0. The summed E-state index contributed by atoms with van der Waals surface area (Å²) < 4.78 is 0. The molecule has 0 aliphatic rings. The molecule has 0 N–H and O–H groups in total. The summed E-state index contributed by atoms with van der Waals surface area (Å²) in [4.78, 5) is 10.0. The van der Waals surface area contributed by atoms with Crippen molar-refractivity contribution >= 4 is 11.4 Å². The molecule has 5 nitrogen and oxygen atoms in total. The van der Waals surface area contributed by atoms with E-state index >= 15 is 0 Å². The third-order valence-corrected chi connectivity index (χ3v) is 2.52. The van der Waals surface area contributed by atoms with Gasteiger partial charge >= 0.3 is 0 Å². The van der Waals surface area contributed by atoms with Gasteiger partial charge in [0.25, 0.3) is 5.69 Å². The lowest BCUT2D eigenvalue weighted by Gasteiger charge is -2.17. The van der Waals surface area contributed by atoms with Crippen molar-refractivity contribution in [3.63, 3.8) is 0 Å². The van der Waals surface area contributed by atoms with Crippen LogP contribution in [0.15, 0.2) is 46.6 Å². The number of non-ortho nitro benzene ring substituents is 1. The minimum atomic E-state index is -0.446. The van der Waals surface area contributed by atoms with Crippen molar-refractivity contribution in [1.82, 2.24) is 0 Å². The molecule has 0 fully saturated rings. The first-order chi connectivity index (χ1) is 7.83. The van der Waals surface area contributed by atoms with Crippen molar-refractivity contribution in [1.29, 1.82) is 0 Å². The fraction of sp³-hybridized carbons (Fsp3) is 0.333. The number of hydrogen-bond acceptors (Lipinski definition) is 4. The van der Waals surface area contributed by atoms with Gasteiger partial charge in [-0.15, -0.1) is 0 Å². The molecule has 1 aromatic carbocycles. The number of nitro groups is 1. The highest BCUT2D eigenvalue weighted by molar-refractivity contribution is 5.43. The van der Waals surface area contributed by atoms with Crippen LogP contribution in [0.1, 0.15) is 20.8 Å². The van der Waals surface area contributed by atoms with Crippen LogP contribution in [0, 0.1) is 10.1 Å². The number of benzene rings is 1.